The maximum Gasteiger partial charge on any atom is 0.160 e. The van der Waals surface area contributed by atoms with Crippen molar-refractivity contribution < 1.29 is 0 Å². The van der Waals surface area contributed by atoms with E-state index in [1.54, 1.807) is 5.19 Å². The van der Waals surface area contributed by atoms with Gasteiger partial charge in [0.15, 0.2) is 6.69 Å². The van der Waals surface area contributed by atoms with Gasteiger partial charge in [-0.05, 0) is 17.3 Å². The zero-order valence-corrected chi connectivity index (χ0v) is 17.3. The number of rotatable bonds is 13. The van der Waals surface area contributed by atoms with Gasteiger partial charge >= 0.3 is 0 Å². The third-order valence-electron chi connectivity index (χ3n) is 4.64. The molecule has 1 unspecified atom stereocenters. The summed E-state index contributed by atoms with van der Waals surface area (Å²) < 4.78 is 0. The predicted molar refractivity (Wildman–Crippen MR) is 108 cm³/mol. The average molecular weight is 383 g/mol. The number of halogens is 1. The van der Waals surface area contributed by atoms with Crippen molar-refractivity contribution in [3.05, 3.63) is 30.3 Å². The monoisotopic (exact) mass is 382 g/mol. The fraction of sp³-hybridized carbons (Fsp3) is 0.700. The van der Waals surface area contributed by atoms with Gasteiger partial charge in [0.1, 0.15) is 0 Å². The van der Waals surface area contributed by atoms with Gasteiger partial charge in [-0.2, -0.15) is 0 Å². The van der Waals surface area contributed by atoms with Crippen molar-refractivity contribution >= 4 is 27.2 Å². The molecule has 2 heteroatoms. The summed E-state index contributed by atoms with van der Waals surface area (Å²) in [5.74, 6) is 0. The third-order valence-corrected chi connectivity index (χ3v) is 12.1. The molecule has 0 nitrogen and oxygen atoms in total. The standard InChI is InChI=1S/C20H35BrSi/c1-3-5-7-9-10-15-19-22(21,18-14-8-6-4-2)20-16-12-11-13-17-20/h11-13,16-17H,3-10,14-15,18-19H2,1-2H3. The molecular formula is C20H35BrSi. The van der Waals surface area contributed by atoms with Crippen LogP contribution in [0, 0.1) is 0 Å². The molecule has 22 heavy (non-hydrogen) atoms. The zero-order chi connectivity index (χ0) is 16.1. The van der Waals surface area contributed by atoms with Gasteiger partial charge in [0.05, 0.1) is 0 Å². The quantitative estimate of drug-likeness (QED) is 0.192. The van der Waals surface area contributed by atoms with Crippen molar-refractivity contribution in [2.45, 2.75) is 90.1 Å². The largest absolute Gasteiger partial charge is 0.160 e. The first kappa shape index (κ1) is 20.0. The van der Waals surface area contributed by atoms with Crippen LogP contribution in [0.25, 0.3) is 0 Å². The maximum atomic E-state index is 4.27. The Morgan fingerprint density at radius 3 is 1.68 bits per heavy atom. The van der Waals surface area contributed by atoms with Gasteiger partial charge in [0.2, 0.25) is 0 Å². The summed E-state index contributed by atoms with van der Waals surface area (Å²) >= 11 is 4.27. The summed E-state index contributed by atoms with van der Waals surface area (Å²) in [6.07, 6.45) is 14.0. The van der Waals surface area contributed by atoms with E-state index in [2.05, 4.69) is 59.5 Å². The van der Waals surface area contributed by atoms with Crippen LogP contribution in [0.15, 0.2) is 30.3 Å². The van der Waals surface area contributed by atoms with E-state index in [0.717, 1.165) is 0 Å². The van der Waals surface area contributed by atoms with Gasteiger partial charge in [-0.25, -0.2) is 0 Å². The predicted octanol–water partition coefficient (Wildman–Crippen LogP) is 7.17. The lowest BCUT2D eigenvalue weighted by atomic mass is 10.1. The number of unbranched alkanes of at least 4 members (excludes halogenated alkanes) is 8. The molecule has 0 saturated heterocycles. The second-order valence-corrected chi connectivity index (χ2v) is 14.7. The smallest absolute Gasteiger partial charge is 0.120 e. The highest BCUT2D eigenvalue weighted by Gasteiger charge is 2.30. The molecule has 0 aliphatic rings. The van der Waals surface area contributed by atoms with Gasteiger partial charge in [-0.1, -0.05) is 108 Å². The van der Waals surface area contributed by atoms with Gasteiger partial charge in [-0.15, -0.1) is 15.3 Å². The Morgan fingerprint density at radius 1 is 0.682 bits per heavy atom. The minimum absolute atomic E-state index is 1.33. The van der Waals surface area contributed by atoms with Crippen molar-refractivity contribution in [3.63, 3.8) is 0 Å². The van der Waals surface area contributed by atoms with Crippen LogP contribution in [0.4, 0.5) is 0 Å². The molecule has 0 N–H and O–H groups in total. The summed E-state index contributed by atoms with van der Waals surface area (Å²) in [5.41, 5.74) is 0. The fourth-order valence-corrected chi connectivity index (χ4v) is 8.88. The average Bonchev–Trinajstić information content (AvgIpc) is 2.56. The highest BCUT2D eigenvalue weighted by Crippen LogP contribution is 2.29. The van der Waals surface area contributed by atoms with Crippen molar-refractivity contribution in [2.24, 2.45) is 0 Å². The molecule has 1 atom stereocenters. The Morgan fingerprint density at radius 2 is 1.14 bits per heavy atom. The normalized spacial score (nSPS) is 14.0. The topological polar surface area (TPSA) is 0 Å². The SMILES string of the molecule is CCCCCCCC[Si](Br)(CCCCCC)c1ccccc1. The second-order valence-electron chi connectivity index (χ2n) is 6.66. The van der Waals surface area contributed by atoms with E-state index < -0.39 is 6.69 Å². The molecule has 1 aromatic carbocycles. The summed E-state index contributed by atoms with van der Waals surface area (Å²) in [6.45, 7) is 3.16. The Kier molecular flexibility index (Phi) is 11.2. The highest BCUT2D eigenvalue weighted by atomic mass is 79.9. The Balaban J connectivity index is 2.47. The van der Waals surface area contributed by atoms with E-state index in [9.17, 15) is 0 Å². The Labute approximate surface area is 147 Å². The number of benzene rings is 1. The lowest BCUT2D eigenvalue weighted by molar-refractivity contribution is 0.622. The molecule has 0 spiro atoms. The van der Waals surface area contributed by atoms with Crippen LogP contribution in [0.5, 0.6) is 0 Å². The van der Waals surface area contributed by atoms with E-state index in [1.165, 1.54) is 76.3 Å². The fourth-order valence-electron chi connectivity index (χ4n) is 3.17. The summed E-state index contributed by atoms with van der Waals surface area (Å²) in [5, 5.41) is 1.61. The molecule has 0 radical (unpaired) electrons. The van der Waals surface area contributed by atoms with E-state index in [0.29, 0.717) is 0 Å². The van der Waals surface area contributed by atoms with Crippen LogP contribution in [0.1, 0.15) is 78.1 Å². The lowest BCUT2D eigenvalue weighted by Crippen LogP contribution is -2.41. The molecule has 0 heterocycles. The second kappa shape index (κ2) is 12.4. The molecular weight excluding hydrogens is 348 g/mol. The van der Waals surface area contributed by atoms with Crippen LogP contribution in [-0.2, 0) is 0 Å². The van der Waals surface area contributed by atoms with Crippen LogP contribution in [0.3, 0.4) is 0 Å². The van der Waals surface area contributed by atoms with E-state index in [-0.39, 0.29) is 0 Å². The van der Waals surface area contributed by atoms with Crippen molar-refractivity contribution in [3.8, 4) is 0 Å². The van der Waals surface area contributed by atoms with E-state index >= 15 is 0 Å². The Hall–Kier alpha value is -0.0831. The summed E-state index contributed by atoms with van der Waals surface area (Å²) in [6, 6.07) is 14.1. The zero-order valence-electron chi connectivity index (χ0n) is 14.7. The van der Waals surface area contributed by atoms with Crippen LogP contribution >= 0.6 is 15.3 Å². The van der Waals surface area contributed by atoms with Crippen LogP contribution in [0.2, 0.25) is 12.1 Å². The summed E-state index contributed by atoms with van der Waals surface area (Å²) in [7, 11) is 0. The Bertz CT molecular complexity index is 365. The first-order chi connectivity index (χ1) is 10.7. The minimum Gasteiger partial charge on any atom is -0.120 e. The number of hydrogen-bond donors (Lipinski definition) is 0. The van der Waals surface area contributed by atoms with Crippen LogP contribution < -0.4 is 5.19 Å². The number of hydrogen-bond acceptors (Lipinski definition) is 0. The van der Waals surface area contributed by atoms with Gasteiger partial charge in [0.25, 0.3) is 0 Å². The molecule has 126 valence electrons. The first-order valence-electron chi connectivity index (χ1n) is 9.47. The van der Waals surface area contributed by atoms with Crippen molar-refractivity contribution in [2.75, 3.05) is 0 Å². The third kappa shape index (κ3) is 7.96. The molecule has 1 rings (SSSR count). The van der Waals surface area contributed by atoms with Gasteiger partial charge in [0, 0.05) is 0 Å². The van der Waals surface area contributed by atoms with Gasteiger partial charge in [-0.3, -0.25) is 0 Å². The molecule has 0 aromatic heterocycles. The molecule has 0 bridgehead atoms. The molecule has 0 aliphatic heterocycles. The lowest BCUT2D eigenvalue weighted by Gasteiger charge is -2.26. The molecule has 0 aliphatic carbocycles. The van der Waals surface area contributed by atoms with Crippen LogP contribution in [-0.4, -0.2) is 6.69 Å². The maximum absolute atomic E-state index is 4.27. The van der Waals surface area contributed by atoms with Crippen molar-refractivity contribution in [1.82, 2.24) is 0 Å². The molecule has 0 fully saturated rings. The molecule has 0 saturated carbocycles. The molecule has 1 aromatic rings. The van der Waals surface area contributed by atoms with E-state index in [4.69, 9.17) is 0 Å². The first-order valence-corrected chi connectivity index (χ1v) is 14.1. The van der Waals surface area contributed by atoms with Gasteiger partial charge < -0.3 is 0 Å². The van der Waals surface area contributed by atoms with E-state index in [1.807, 2.05) is 0 Å². The summed E-state index contributed by atoms with van der Waals surface area (Å²) in [4.78, 5) is 0. The van der Waals surface area contributed by atoms with Crippen molar-refractivity contribution in [1.29, 1.82) is 0 Å². The highest BCUT2D eigenvalue weighted by molar-refractivity contribution is 9.26. The minimum atomic E-state index is -1.43. The molecule has 0 amide bonds.